The quantitative estimate of drug-likeness (QED) is 0.444. The smallest absolute Gasteiger partial charge is 0.000957 e. The molecule has 0 N–H and O–H groups in total. The van der Waals surface area contributed by atoms with Crippen molar-refractivity contribution in [2.75, 3.05) is 5.75 Å². The van der Waals surface area contributed by atoms with E-state index in [2.05, 4.69) is 39.8 Å². The van der Waals surface area contributed by atoms with Gasteiger partial charge >= 0.3 is 0 Å². The normalized spacial score (nSPS) is 12.2. The maximum absolute atomic E-state index is 2.31. The Morgan fingerprint density at radius 1 is 1.08 bits per heavy atom. The van der Waals surface area contributed by atoms with E-state index >= 15 is 0 Å². The fourth-order valence-corrected chi connectivity index (χ4v) is 1.60. The highest BCUT2D eigenvalue weighted by Crippen LogP contribution is 2.10. The molecule has 0 unspecified atom stereocenters. The van der Waals surface area contributed by atoms with Gasteiger partial charge in [0, 0.05) is 0 Å². The molecule has 0 aromatic carbocycles. The lowest BCUT2D eigenvalue weighted by Crippen LogP contribution is -1.88. The van der Waals surface area contributed by atoms with Gasteiger partial charge in [-0.2, -0.15) is 11.8 Å². The summed E-state index contributed by atoms with van der Waals surface area (Å²) in [6, 6.07) is 0. The lowest BCUT2D eigenvalue weighted by atomic mass is 10.1. The molecule has 0 aromatic heterocycles. The second kappa shape index (κ2) is 7.72. The molecule has 0 saturated heterocycles. The largest absolute Gasteiger partial charge is 0.159 e. The maximum atomic E-state index is 2.31. The first kappa shape index (κ1) is 12.1. The first-order valence-corrected chi connectivity index (χ1v) is 5.94. The molecule has 0 heterocycles. The summed E-state index contributed by atoms with van der Waals surface area (Å²) < 4.78 is 0. The fourth-order valence-electron chi connectivity index (χ4n) is 0.858. The van der Waals surface area contributed by atoms with Crippen molar-refractivity contribution in [1.82, 2.24) is 0 Å². The Labute approximate surface area is 81.8 Å². The van der Waals surface area contributed by atoms with Gasteiger partial charge in [-0.05, 0) is 29.8 Å². The molecule has 0 amide bonds. The van der Waals surface area contributed by atoms with Crippen molar-refractivity contribution in [3.63, 3.8) is 0 Å². The summed E-state index contributed by atoms with van der Waals surface area (Å²) in [5.74, 6) is 2.07. The van der Waals surface area contributed by atoms with Crippen LogP contribution in [-0.4, -0.2) is 11.0 Å². The third-order valence-electron chi connectivity index (χ3n) is 1.51. The Bertz CT molecular complexity index is 114. The van der Waals surface area contributed by atoms with E-state index in [1.807, 2.05) is 11.8 Å². The molecule has 0 saturated carbocycles. The Morgan fingerprint density at radius 3 is 2.25 bits per heavy atom. The van der Waals surface area contributed by atoms with E-state index in [1.165, 1.54) is 18.6 Å². The highest BCUT2D eigenvalue weighted by atomic mass is 32.2. The van der Waals surface area contributed by atoms with Crippen molar-refractivity contribution in [1.29, 1.82) is 0 Å². The Morgan fingerprint density at radius 2 is 1.75 bits per heavy atom. The van der Waals surface area contributed by atoms with Crippen LogP contribution in [0, 0.1) is 5.92 Å². The average Bonchev–Trinajstić information content (AvgIpc) is 1.95. The van der Waals surface area contributed by atoms with Crippen LogP contribution < -0.4 is 0 Å². The molecule has 0 spiro atoms. The predicted octanol–water partition coefficient (Wildman–Crippen LogP) is 4.12. The van der Waals surface area contributed by atoms with Gasteiger partial charge in [0.1, 0.15) is 0 Å². The highest BCUT2D eigenvalue weighted by Gasteiger charge is 1.91. The molecule has 12 heavy (non-hydrogen) atoms. The molecule has 0 aromatic rings. The predicted molar refractivity (Wildman–Crippen MR) is 60.8 cm³/mol. The van der Waals surface area contributed by atoms with E-state index in [9.17, 15) is 0 Å². The van der Waals surface area contributed by atoms with Gasteiger partial charge in [-0.25, -0.2) is 0 Å². The van der Waals surface area contributed by atoms with Crippen LogP contribution in [-0.2, 0) is 0 Å². The summed E-state index contributed by atoms with van der Waals surface area (Å²) in [4.78, 5) is 0. The number of hydrogen-bond donors (Lipinski definition) is 0. The second-order valence-electron chi connectivity index (χ2n) is 3.81. The zero-order valence-electron chi connectivity index (χ0n) is 8.84. The number of thioether (sulfide) groups is 1. The van der Waals surface area contributed by atoms with Gasteiger partial charge in [-0.3, -0.25) is 0 Å². The van der Waals surface area contributed by atoms with Crippen LogP contribution in [0.25, 0.3) is 0 Å². The Hall–Kier alpha value is 0.0900. The van der Waals surface area contributed by atoms with Gasteiger partial charge in [0.05, 0.1) is 0 Å². The zero-order chi connectivity index (χ0) is 9.40. The summed E-state index contributed by atoms with van der Waals surface area (Å²) in [7, 11) is 0. The molecule has 0 atom stereocenters. The zero-order valence-corrected chi connectivity index (χ0v) is 9.66. The first-order valence-electron chi connectivity index (χ1n) is 4.89. The van der Waals surface area contributed by atoms with Crippen LogP contribution in [0.3, 0.4) is 0 Å². The average molecular weight is 186 g/mol. The van der Waals surface area contributed by atoms with Crippen LogP contribution in [0.15, 0.2) is 12.2 Å². The van der Waals surface area contributed by atoms with Gasteiger partial charge in [0.25, 0.3) is 0 Å². The third kappa shape index (κ3) is 10.1. The molecule has 72 valence electrons. The van der Waals surface area contributed by atoms with Crippen LogP contribution in [0.5, 0.6) is 0 Å². The number of allylic oxidation sites excluding steroid dienone is 2. The van der Waals surface area contributed by atoms with Crippen molar-refractivity contribution in [3.05, 3.63) is 12.2 Å². The Kier molecular flexibility index (Phi) is 7.78. The minimum Gasteiger partial charge on any atom is -0.159 e. The first-order chi connectivity index (χ1) is 5.63. The minimum atomic E-state index is 0.781. The molecular weight excluding hydrogens is 164 g/mol. The summed E-state index contributed by atoms with van der Waals surface area (Å²) in [6.07, 6.45) is 7.09. The van der Waals surface area contributed by atoms with Crippen molar-refractivity contribution >= 4 is 11.8 Å². The summed E-state index contributed by atoms with van der Waals surface area (Å²) in [5.41, 5.74) is 0. The van der Waals surface area contributed by atoms with Gasteiger partial charge < -0.3 is 0 Å². The number of hydrogen-bond acceptors (Lipinski definition) is 1. The lowest BCUT2D eigenvalue weighted by molar-refractivity contribution is 0.662. The van der Waals surface area contributed by atoms with E-state index < -0.39 is 0 Å². The molecule has 0 fully saturated rings. The molecule has 0 aliphatic carbocycles. The maximum Gasteiger partial charge on any atom is -0.000957 e. The molecule has 1 heteroatoms. The van der Waals surface area contributed by atoms with Crippen LogP contribution in [0.2, 0.25) is 0 Å². The third-order valence-corrected chi connectivity index (χ3v) is 2.65. The highest BCUT2D eigenvalue weighted by molar-refractivity contribution is 7.99. The SMILES string of the molecule is CC(C)C/C=C\CCSC(C)C. The molecular formula is C11H22S. The lowest BCUT2D eigenvalue weighted by Gasteiger charge is -2.01. The minimum absolute atomic E-state index is 0.781. The molecule has 0 aliphatic heterocycles. The van der Waals surface area contributed by atoms with Crippen LogP contribution in [0.4, 0.5) is 0 Å². The molecule has 0 rings (SSSR count). The van der Waals surface area contributed by atoms with Crippen molar-refractivity contribution in [2.45, 2.75) is 45.8 Å². The van der Waals surface area contributed by atoms with Gasteiger partial charge in [-0.1, -0.05) is 39.8 Å². The number of rotatable bonds is 6. The monoisotopic (exact) mass is 186 g/mol. The summed E-state index contributed by atoms with van der Waals surface area (Å²) in [5, 5.41) is 0.781. The summed E-state index contributed by atoms with van der Waals surface area (Å²) >= 11 is 2.04. The van der Waals surface area contributed by atoms with Gasteiger partial charge in [-0.15, -0.1) is 0 Å². The van der Waals surface area contributed by atoms with Gasteiger partial charge in [0.2, 0.25) is 0 Å². The summed E-state index contributed by atoms with van der Waals surface area (Å²) in [6.45, 7) is 9.02. The van der Waals surface area contributed by atoms with Crippen LogP contribution in [0.1, 0.15) is 40.5 Å². The van der Waals surface area contributed by atoms with E-state index in [0.717, 1.165) is 11.2 Å². The molecule has 0 nitrogen and oxygen atoms in total. The van der Waals surface area contributed by atoms with Crippen molar-refractivity contribution in [3.8, 4) is 0 Å². The standard InChI is InChI=1S/C11H22S/c1-10(2)8-6-5-7-9-12-11(3)4/h5-6,10-11H,7-9H2,1-4H3/b6-5-. The van der Waals surface area contributed by atoms with Crippen molar-refractivity contribution < 1.29 is 0 Å². The molecule has 0 bridgehead atoms. The van der Waals surface area contributed by atoms with Gasteiger partial charge in [0.15, 0.2) is 0 Å². The molecule has 0 aliphatic rings. The van der Waals surface area contributed by atoms with E-state index in [-0.39, 0.29) is 0 Å². The van der Waals surface area contributed by atoms with E-state index in [4.69, 9.17) is 0 Å². The van der Waals surface area contributed by atoms with Crippen molar-refractivity contribution in [2.24, 2.45) is 5.92 Å². The fraction of sp³-hybridized carbons (Fsp3) is 0.818. The molecule has 0 radical (unpaired) electrons. The Balaban J connectivity index is 3.13. The van der Waals surface area contributed by atoms with E-state index in [0.29, 0.717) is 0 Å². The second-order valence-corrected chi connectivity index (χ2v) is 5.49. The van der Waals surface area contributed by atoms with E-state index in [1.54, 1.807) is 0 Å². The topological polar surface area (TPSA) is 0 Å². The van der Waals surface area contributed by atoms with Crippen LogP contribution >= 0.6 is 11.8 Å².